The average molecular weight is 434 g/mol. The fraction of sp³-hybridized carbons (Fsp3) is 0.522. The van der Waals surface area contributed by atoms with Gasteiger partial charge in [-0.2, -0.15) is 8.42 Å². The third-order valence-corrected chi connectivity index (χ3v) is 7.16. The Labute approximate surface area is 179 Å². The molecule has 0 radical (unpaired) electrons. The van der Waals surface area contributed by atoms with E-state index in [9.17, 15) is 17.8 Å². The number of nitrogens with zero attached hydrogens (tertiary/aromatic N) is 1. The topological polar surface area (TPSA) is 83.9 Å². The number of anilines is 1. The molecule has 30 heavy (non-hydrogen) atoms. The number of hydrogen-bond donors (Lipinski definition) is 1. The highest BCUT2D eigenvalue weighted by Crippen LogP contribution is 2.51. The minimum atomic E-state index is -4.38. The fourth-order valence-corrected chi connectivity index (χ4v) is 5.24. The van der Waals surface area contributed by atoms with Crippen molar-refractivity contribution >= 4 is 32.5 Å². The van der Waals surface area contributed by atoms with E-state index in [1.54, 1.807) is 13.0 Å². The molecule has 0 saturated heterocycles. The molecule has 0 aromatic heterocycles. The van der Waals surface area contributed by atoms with Gasteiger partial charge in [0.2, 0.25) is 0 Å². The van der Waals surface area contributed by atoms with E-state index in [1.165, 1.54) is 0 Å². The van der Waals surface area contributed by atoms with Crippen LogP contribution in [0.3, 0.4) is 0 Å². The van der Waals surface area contributed by atoms with Crippen LogP contribution in [0.2, 0.25) is 0 Å². The van der Waals surface area contributed by atoms with E-state index >= 15 is 0 Å². The number of unbranched alkanes of at least 4 members (excludes halogenated alkanes) is 2. The Balaban J connectivity index is 1.94. The van der Waals surface area contributed by atoms with Gasteiger partial charge in [0, 0.05) is 24.4 Å². The maximum atomic E-state index is 12.3. The predicted octanol–water partition coefficient (Wildman–Crippen LogP) is 4.70. The highest BCUT2D eigenvalue weighted by Gasteiger charge is 2.45. The second kappa shape index (κ2) is 8.55. The fourth-order valence-electron chi connectivity index (χ4n) is 4.50. The molecule has 1 aliphatic heterocycles. The zero-order valence-corrected chi connectivity index (χ0v) is 19.0. The molecule has 0 saturated carbocycles. The van der Waals surface area contributed by atoms with Crippen LogP contribution in [0.5, 0.6) is 0 Å². The van der Waals surface area contributed by atoms with E-state index in [1.807, 2.05) is 24.3 Å². The van der Waals surface area contributed by atoms with E-state index in [-0.39, 0.29) is 22.3 Å². The van der Waals surface area contributed by atoms with E-state index in [4.69, 9.17) is 4.74 Å². The van der Waals surface area contributed by atoms with Crippen molar-refractivity contribution in [3.05, 3.63) is 35.9 Å². The molecule has 1 atom stereocenters. The van der Waals surface area contributed by atoms with Gasteiger partial charge in [-0.1, -0.05) is 44.5 Å². The first-order valence-corrected chi connectivity index (χ1v) is 12.0. The number of esters is 1. The monoisotopic (exact) mass is 433 g/mol. The molecule has 0 amide bonds. The molecule has 2 aromatic rings. The lowest BCUT2D eigenvalue weighted by atomic mass is 9.79. The molecule has 1 N–H and O–H groups in total. The summed E-state index contributed by atoms with van der Waals surface area (Å²) in [7, 11) is -4.38. The number of hydrogen-bond acceptors (Lipinski definition) is 5. The zero-order chi connectivity index (χ0) is 22.1. The highest BCUT2D eigenvalue weighted by atomic mass is 32.2. The van der Waals surface area contributed by atoms with Gasteiger partial charge in [-0.3, -0.25) is 9.35 Å². The minimum Gasteiger partial charge on any atom is -0.466 e. The average Bonchev–Trinajstić information content (AvgIpc) is 2.87. The highest BCUT2D eigenvalue weighted by molar-refractivity contribution is 7.86. The molecule has 0 fully saturated rings. The van der Waals surface area contributed by atoms with Gasteiger partial charge in [-0.25, -0.2) is 0 Å². The van der Waals surface area contributed by atoms with E-state index < -0.39 is 10.1 Å². The van der Waals surface area contributed by atoms with Crippen LogP contribution in [0.4, 0.5) is 5.69 Å². The number of rotatable bonds is 8. The van der Waals surface area contributed by atoms with Crippen LogP contribution >= 0.6 is 0 Å². The predicted molar refractivity (Wildman–Crippen MR) is 119 cm³/mol. The Hall–Kier alpha value is -2.12. The van der Waals surface area contributed by atoms with Crippen molar-refractivity contribution in [1.29, 1.82) is 0 Å². The van der Waals surface area contributed by atoms with Gasteiger partial charge in [0.1, 0.15) is 4.90 Å². The first-order chi connectivity index (χ1) is 14.1. The lowest BCUT2D eigenvalue weighted by molar-refractivity contribution is -0.143. The van der Waals surface area contributed by atoms with Crippen molar-refractivity contribution in [3.63, 3.8) is 0 Å². The van der Waals surface area contributed by atoms with Gasteiger partial charge >= 0.3 is 5.97 Å². The molecular formula is C23H31NO5S. The molecule has 0 aliphatic carbocycles. The molecule has 0 spiro atoms. The Morgan fingerprint density at radius 1 is 1.20 bits per heavy atom. The Morgan fingerprint density at radius 2 is 1.90 bits per heavy atom. The molecule has 1 unspecified atom stereocenters. The first kappa shape index (κ1) is 22.6. The summed E-state index contributed by atoms with van der Waals surface area (Å²) in [4.78, 5) is 13.6. The summed E-state index contributed by atoms with van der Waals surface area (Å²) >= 11 is 0. The normalized spacial score (nSPS) is 17.9. The third-order valence-electron chi connectivity index (χ3n) is 6.29. The summed E-state index contributed by atoms with van der Waals surface area (Å²) in [6.07, 6.45) is 2.79. The summed E-state index contributed by atoms with van der Waals surface area (Å²) < 4.78 is 39.5. The van der Waals surface area contributed by atoms with Crippen molar-refractivity contribution < 1.29 is 22.5 Å². The molecular weight excluding hydrogens is 402 g/mol. The molecule has 1 aliphatic rings. The van der Waals surface area contributed by atoms with Crippen molar-refractivity contribution in [1.82, 2.24) is 0 Å². The van der Waals surface area contributed by atoms with Crippen LogP contribution in [-0.4, -0.2) is 38.1 Å². The van der Waals surface area contributed by atoms with Crippen LogP contribution in [0.15, 0.2) is 35.2 Å². The lowest BCUT2D eigenvalue weighted by Crippen LogP contribution is -2.39. The summed E-state index contributed by atoms with van der Waals surface area (Å²) in [5.41, 5.74) is 1.28. The smallest absolute Gasteiger partial charge is 0.305 e. The minimum absolute atomic E-state index is 0.0276. The Morgan fingerprint density at radius 3 is 2.57 bits per heavy atom. The van der Waals surface area contributed by atoms with Crippen LogP contribution < -0.4 is 4.90 Å². The lowest BCUT2D eigenvalue weighted by Gasteiger charge is -2.32. The second-order valence-electron chi connectivity index (χ2n) is 8.50. The molecule has 0 bridgehead atoms. The van der Waals surface area contributed by atoms with Gasteiger partial charge in [-0.05, 0) is 49.1 Å². The molecule has 7 heteroatoms. The first-order valence-electron chi connectivity index (χ1n) is 10.5. The molecule has 1 heterocycles. The molecule has 164 valence electrons. The quantitative estimate of drug-likeness (QED) is 0.369. The zero-order valence-electron chi connectivity index (χ0n) is 18.1. The van der Waals surface area contributed by atoms with E-state index in [0.717, 1.165) is 35.6 Å². The third kappa shape index (κ3) is 4.18. The maximum Gasteiger partial charge on any atom is 0.305 e. The van der Waals surface area contributed by atoms with Crippen LogP contribution in [-0.2, 0) is 25.1 Å². The van der Waals surface area contributed by atoms with Gasteiger partial charge in [0.25, 0.3) is 10.1 Å². The summed E-state index contributed by atoms with van der Waals surface area (Å²) in [6, 6.07) is 9.35. The summed E-state index contributed by atoms with van der Waals surface area (Å²) in [6.45, 7) is 9.18. The van der Waals surface area contributed by atoms with Crippen LogP contribution in [0.1, 0.15) is 58.9 Å². The number of fused-ring (bicyclic) bond motifs is 3. The second-order valence-corrected chi connectivity index (χ2v) is 9.89. The van der Waals surface area contributed by atoms with E-state index in [2.05, 4.69) is 25.7 Å². The summed E-state index contributed by atoms with van der Waals surface area (Å²) in [5.74, 6) is -0.182. The van der Waals surface area contributed by atoms with Crippen molar-refractivity contribution in [2.75, 3.05) is 18.1 Å². The number of carbonyl (C=O) groups excluding carboxylic acids is 1. The van der Waals surface area contributed by atoms with Gasteiger partial charge in [0.15, 0.2) is 0 Å². The van der Waals surface area contributed by atoms with Gasteiger partial charge in [-0.15, -0.1) is 0 Å². The number of ether oxygens (including phenoxy) is 1. The van der Waals surface area contributed by atoms with Crippen molar-refractivity contribution in [2.45, 2.75) is 69.7 Å². The molecule has 2 aromatic carbocycles. The largest absolute Gasteiger partial charge is 0.466 e. The van der Waals surface area contributed by atoms with Crippen LogP contribution in [0, 0.1) is 0 Å². The Kier molecular flexibility index (Phi) is 6.43. The summed E-state index contributed by atoms with van der Waals surface area (Å²) in [5, 5.41) is 1.82. The number of carbonyl (C=O) groups is 1. The molecule has 3 rings (SSSR count). The van der Waals surface area contributed by atoms with Crippen LogP contribution in [0.25, 0.3) is 10.8 Å². The van der Waals surface area contributed by atoms with Crippen molar-refractivity contribution in [2.24, 2.45) is 0 Å². The Bertz CT molecular complexity index is 1040. The van der Waals surface area contributed by atoms with Gasteiger partial charge < -0.3 is 9.64 Å². The van der Waals surface area contributed by atoms with Gasteiger partial charge in [0.05, 0.1) is 12.3 Å². The van der Waals surface area contributed by atoms with Crippen molar-refractivity contribution in [3.8, 4) is 0 Å². The maximum absolute atomic E-state index is 12.3. The number of benzene rings is 2. The standard InChI is InChI=1S/C23H31NO5S/c1-5-29-20(25)13-7-6-10-14-24-16(2)23(3,4)21-18-12-9-8-11-17(18)15-19(22(21)24)30(26,27)28/h8-9,11-12,15-16H,5-7,10,13-14H2,1-4H3,(H,26,27,28). The SMILES string of the molecule is CCOC(=O)CCCCCN1c2c(S(=O)(=O)O)cc3ccccc3c2C(C)(C)C1C. The molecule has 6 nitrogen and oxygen atoms in total. The van der Waals surface area contributed by atoms with E-state index in [0.29, 0.717) is 25.3 Å².